The van der Waals surface area contributed by atoms with Crippen LogP contribution in [0.15, 0.2) is 47.4 Å². The van der Waals surface area contributed by atoms with E-state index in [0.29, 0.717) is 33.2 Å². The molecule has 0 radical (unpaired) electrons. The Balaban J connectivity index is 2.16. The number of nitrogens with zero attached hydrogens (tertiary/aromatic N) is 1. The summed E-state index contributed by atoms with van der Waals surface area (Å²) >= 11 is 1.19. The minimum absolute atomic E-state index is 0.0850. The monoisotopic (exact) mass is 383 g/mol. The zero-order valence-corrected chi connectivity index (χ0v) is 16.3. The maximum atomic E-state index is 13.3. The molecule has 2 aromatic carbocycles. The number of hydrogen-bond acceptors (Lipinski definition) is 5. The zero-order valence-electron chi connectivity index (χ0n) is 15.5. The standard InChI is InChI=1S/C21H21NO4S/c1-13-8-9-14(2)16(12-13)22-20(24)18(19(21(22)25)27-11-10-23)15-6-4-5-7-17(15)26-3/h4-9,12,23H,10-11H2,1-3H3. The van der Waals surface area contributed by atoms with Gasteiger partial charge < -0.3 is 9.84 Å². The molecule has 0 aliphatic carbocycles. The van der Waals surface area contributed by atoms with Crippen molar-refractivity contribution in [2.75, 3.05) is 24.4 Å². The first-order chi connectivity index (χ1) is 13.0. The molecule has 2 aromatic rings. The predicted molar refractivity (Wildman–Crippen MR) is 108 cm³/mol. The van der Waals surface area contributed by atoms with Crippen LogP contribution in [0.4, 0.5) is 5.69 Å². The molecule has 140 valence electrons. The molecule has 1 heterocycles. The predicted octanol–water partition coefficient (Wildman–Crippen LogP) is 3.32. The lowest BCUT2D eigenvalue weighted by Gasteiger charge is -2.18. The van der Waals surface area contributed by atoms with Crippen molar-refractivity contribution < 1.29 is 19.4 Å². The number of para-hydroxylation sites is 1. The smallest absolute Gasteiger partial charge is 0.272 e. The molecule has 0 atom stereocenters. The fourth-order valence-corrected chi connectivity index (χ4v) is 3.91. The fraction of sp³-hybridized carbons (Fsp3) is 0.238. The summed E-state index contributed by atoms with van der Waals surface area (Å²) in [6.07, 6.45) is 0. The number of aliphatic hydroxyl groups excluding tert-OH is 1. The molecular weight excluding hydrogens is 362 g/mol. The van der Waals surface area contributed by atoms with Crippen LogP contribution in [0.2, 0.25) is 0 Å². The molecule has 1 aliphatic rings. The number of methoxy groups -OCH3 is 1. The van der Waals surface area contributed by atoms with Gasteiger partial charge in [0.15, 0.2) is 0 Å². The Hall–Kier alpha value is -2.57. The Kier molecular flexibility index (Phi) is 5.68. The van der Waals surface area contributed by atoms with Crippen molar-refractivity contribution in [1.29, 1.82) is 0 Å². The Labute approximate surface area is 162 Å². The Morgan fingerprint density at radius 2 is 1.81 bits per heavy atom. The second-order valence-corrected chi connectivity index (χ2v) is 7.32. The first-order valence-electron chi connectivity index (χ1n) is 8.57. The van der Waals surface area contributed by atoms with Gasteiger partial charge in [0.25, 0.3) is 11.8 Å². The number of rotatable bonds is 6. The highest BCUT2D eigenvalue weighted by Crippen LogP contribution is 2.41. The minimum Gasteiger partial charge on any atom is -0.496 e. The molecule has 6 heteroatoms. The van der Waals surface area contributed by atoms with Crippen molar-refractivity contribution in [3.05, 3.63) is 64.1 Å². The van der Waals surface area contributed by atoms with Gasteiger partial charge in [0, 0.05) is 11.3 Å². The normalized spacial score (nSPS) is 14.3. The number of aliphatic hydroxyl groups is 1. The lowest BCUT2D eigenvalue weighted by atomic mass is 10.0. The van der Waals surface area contributed by atoms with Crippen LogP contribution < -0.4 is 9.64 Å². The summed E-state index contributed by atoms with van der Waals surface area (Å²) < 4.78 is 5.40. The van der Waals surface area contributed by atoms with Gasteiger partial charge in [0.05, 0.1) is 29.9 Å². The van der Waals surface area contributed by atoms with Crippen molar-refractivity contribution >= 4 is 34.8 Å². The van der Waals surface area contributed by atoms with E-state index >= 15 is 0 Å². The SMILES string of the molecule is COc1ccccc1C1=C(SCCO)C(=O)N(c2cc(C)ccc2C)C1=O. The van der Waals surface area contributed by atoms with Crippen molar-refractivity contribution in [2.45, 2.75) is 13.8 Å². The van der Waals surface area contributed by atoms with Gasteiger partial charge in [-0.05, 0) is 37.1 Å². The van der Waals surface area contributed by atoms with Crippen LogP contribution >= 0.6 is 11.8 Å². The molecule has 0 spiro atoms. The Morgan fingerprint density at radius 3 is 2.52 bits per heavy atom. The van der Waals surface area contributed by atoms with E-state index in [2.05, 4.69) is 0 Å². The van der Waals surface area contributed by atoms with E-state index in [1.165, 1.54) is 23.8 Å². The molecule has 0 unspecified atom stereocenters. The number of imide groups is 1. The quantitative estimate of drug-likeness (QED) is 0.775. The van der Waals surface area contributed by atoms with Crippen molar-refractivity contribution in [1.82, 2.24) is 0 Å². The maximum absolute atomic E-state index is 13.3. The lowest BCUT2D eigenvalue weighted by Crippen LogP contribution is -2.32. The molecule has 0 saturated heterocycles. The van der Waals surface area contributed by atoms with Gasteiger partial charge in [-0.1, -0.05) is 30.3 Å². The van der Waals surface area contributed by atoms with E-state index in [9.17, 15) is 14.7 Å². The number of hydrogen-bond donors (Lipinski definition) is 1. The van der Waals surface area contributed by atoms with Gasteiger partial charge in [-0.2, -0.15) is 0 Å². The summed E-state index contributed by atoms with van der Waals surface area (Å²) in [4.78, 5) is 28.1. The molecule has 0 saturated carbocycles. The molecule has 27 heavy (non-hydrogen) atoms. The largest absolute Gasteiger partial charge is 0.496 e. The molecule has 0 aromatic heterocycles. The van der Waals surface area contributed by atoms with E-state index in [1.807, 2.05) is 38.1 Å². The van der Waals surface area contributed by atoms with Gasteiger partial charge >= 0.3 is 0 Å². The number of anilines is 1. The van der Waals surface area contributed by atoms with Crippen LogP contribution in [0.25, 0.3) is 5.57 Å². The van der Waals surface area contributed by atoms with Crippen molar-refractivity contribution in [2.24, 2.45) is 0 Å². The van der Waals surface area contributed by atoms with Gasteiger partial charge in [0.1, 0.15) is 5.75 Å². The summed E-state index contributed by atoms with van der Waals surface area (Å²) in [5, 5.41) is 9.22. The number of thioether (sulfide) groups is 1. The third-order valence-electron chi connectivity index (χ3n) is 4.36. The third-order valence-corrected chi connectivity index (χ3v) is 5.42. The maximum Gasteiger partial charge on any atom is 0.272 e. The third kappa shape index (κ3) is 3.50. The number of carbonyl (C=O) groups is 2. The molecule has 3 rings (SSSR count). The first-order valence-corrected chi connectivity index (χ1v) is 9.55. The van der Waals surface area contributed by atoms with Crippen LogP contribution in [0.1, 0.15) is 16.7 Å². The second kappa shape index (κ2) is 7.98. The number of benzene rings is 2. The number of aryl methyl sites for hydroxylation is 2. The Bertz CT molecular complexity index is 936. The fourth-order valence-electron chi connectivity index (χ4n) is 3.06. The van der Waals surface area contributed by atoms with Crippen LogP contribution in [0.3, 0.4) is 0 Å². The number of amides is 2. The zero-order chi connectivity index (χ0) is 19.6. The molecule has 1 aliphatic heterocycles. The Morgan fingerprint density at radius 1 is 1.07 bits per heavy atom. The average Bonchev–Trinajstić information content (AvgIpc) is 2.91. The summed E-state index contributed by atoms with van der Waals surface area (Å²) in [6.45, 7) is 3.71. The molecule has 5 nitrogen and oxygen atoms in total. The van der Waals surface area contributed by atoms with E-state index in [1.54, 1.807) is 18.2 Å². The van der Waals surface area contributed by atoms with E-state index in [-0.39, 0.29) is 18.4 Å². The molecule has 0 fully saturated rings. The molecule has 0 bridgehead atoms. The van der Waals surface area contributed by atoms with E-state index < -0.39 is 0 Å². The summed E-state index contributed by atoms with van der Waals surface area (Å²) in [6, 6.07) is 12.8. The second-order valence-electron chi connectivity index (χ2n) is 6.21. The van der Waals surface area contributed by atoms with Gasteiger partial charge in [-0.15, -0.1) is 11.8 Å². The van der Waals surface area contributed by atoms with Crippen LogP contribution in [0.5, 0.6) is 5.75 Å². The van der Waals surface area contributed by atoms with Gasteiger partial charge in [-0.3, -0.25) is 9.59 Å². The number of ether oxygens (including phenoxy) is 1. The van der Waals surface area contributed by atoms with Crippen molar-refractivity contribution in [3.8, 4) is 5.75 Å². The van der Waals surface area contributed by atoms with Gasteiger partial charge in [0.2, 0.25) is 0 Å². The minimum atomic E-state index is -0.376. The van der Waals surface area contributed by atoms with Crippen molar-refractivity contribution in [3.63, 3.8) is 0 Å². The highest BCUT2D eigenvalue weighted by Gasteiger charge is 2.41. The van der Waals surface area contributed by atoms with E-state index in [4.69, 9.17) is 4.74 Å². The van der Waals surface area contributed by atoms with Crippen LogP contribution in [-0.4, -0.2) is 36.4 Å². The van der Waals surface area contributed by atoms with Crippen LogP contribution in [-0.2, 0) is 9.59 Å². The van der Waals surface area contributed by atoms with Crippen LogP contribution in [0, 0.1) is 13.8 Å². The molecule has 1 N–H and O–H groups in total. The van der Waals surface area contributed by atoms with Gasteiger partial charge in [-0.25, -0.2) is 4.90 Å². The number of carbonyl (C=O) groups excluding carboxylic acids is 2. The first kappa shape index (κ1) is 19.2. The highest BCUT2D eigenvalue weighted by atomic mass is 32.2. The topological polar surface area (TPSA) is 66.8 Å². The lowest BCUT2D eigenvalue weighted by molar-refractivity contribution is -0.119. The van der Waals surface area contributed by atoms with E-state index in [0.717, 1.165) is 11.1 Å². The average molecular weight is 383 g/mol. The summed E-state index contributed by atoms with van der Waals surface area (Å²) in [7, 11) is 1.53. The summed E-state index contributed by atoms with van der Waals surface area (Å²) in [5.74, 6) is 0.110. The summed E-state index contributed by atoms with van der Waals surface area (Å²) in [5.41, 5.74) is 3.28. The molecule has 2 amide bonds. The highest BCUT2D eigenvalue weighted by molar-refractivity contribution is 8.04. The molecular formula is C21H21NO4S.